The van der Waals surface area contributed by atoms with Gasteiger partial charge in [-0.25, -0.2) is 0 Å². The molecular formula is C11H11ClN2O2. The van der Waals surface area contributed by atoms with Crippen molar-refractivity contribution in [2.75, 3.05) is 19.0 Å². The number of alkyl halides is 1. The Kier molecular flexibility index (Phi) is 5.17. The monoisotopic (exact) mass is 238 g/mol. The molecule has 0 aliphatic rings. The number of nitrogens with one attached hydrogen (secondary N) is 1. The molecule has 0 spiro atoms. The first-order chi connectivity index (χ1) is 7.76. The number of nitrogens with zero attached hydrogens (tertiary/aromatic N) is 1. The van der Waals surface area contributed by atoms with Crippen LogP contribution in [0.4, 0.5) is 0 Å². The lowest BCUT2D eigenvalue weighted by molar-refractivity contribution is -0.118. The Morgan fingerprint density at radius 1 is 1.44 bits per heavy atom. The highest BCUT2D eigenvalue weighted by molar-refractivity contribution is 6.27. The van der Waals surface area contributed by atoms with Gasteiger partial charge in [0.1, 0.15) is 18.2 Å². The molecule has 0 bridgehead atoms. The minimum atomic E-state index is -0.218. The Morgan fingerprint density at radius 2 is 2.12 bits per heavy atom. The molecule has 4 nitrogen and oxygen atoms in total. The molecule has 84 valence electrons. The number of halogens is 1. The summed E-state index contributed by atoms with van der Waals surface area (Å²) in [7, 11) is 0. The highest BCUT2D eigenvalue weighted by Gasteiger charge is 1.97. The van der Waals surface area contributed by atoms with Gasteiger partial charge in [-0.05, 0) is 24.3 Å². The van der Waals surface area contributed by atoms with Crippen molar-refractivity contribution in [1.82, 2.24) is 5.32 Å². The van der Waals surface area contributed by atoms with Crippen LogP contribution in [-0.2, 0) is 4.79 Å². The van der Waals surface area contributed by atoms with E-state index in [0.29, 0.717) is 24.5 Å². The molecule has 0 aromatic heterocycles. The van der Waals surface area contributed by atoms with Gasteiger partial charge in [0.2, 0.25) is 5.91 Å². The average molecular weight is 239 g/mol. The predicted octanol–water partition coefficient (Wildman–Crippen LogP) is 1.29. The summed E-state index contributed by atoms with van der Waals surface area (Å²) in [6.07, 6.45) is 0. The van der Waals surface area contributed by atoms with Crippen molar-refractivity contribution < 1.29 is 9.53 Å². The summed E-state index contributed by atoms with van der Waals surface area (Å²) in [5.74, 6) is 0.404. The van der Waals surface area contributed by atoms with Crippen molar-refractivity contribution in [3.8, 4) is 11.8 Å². The molecule has 0 atom stereocenters. The van der Waals surface area contributed by atoms with Gasteiger partial charge in [0.15, 0.2) is 0 Å². The van der Waals surface area contributed by atoms with Crippen LogP contribution >= 0.6 is 11.6 Å². The van der Waals surface area contributed by atoms with Crippen molar-refractivity contribution in [3.63, 3.8) is 0 Å². The maximum atomic E-state index is 10.8. The van der Waals surface area contributed by atoms with Crippen LogP contribution in [0, 0.1) is 11.3 Å². The van der Waals surface area contributed by atoms with E-state index in [4.69, 9.17) is 21.6 Å². The summed E-state index contributed by atoms with van der Waals surface area (Å²) < 4.78 is 5.33. The van der Waals surface area contributed by atoms with Crippen molar-refractivity contribution in [2.45, 2.75) is 0 Å². The second-order valence-electron chi connectivity index (χ2n) is 2.97. The number of nitriles is 1. The number of hydrogen-bond acceptors (Lipinski definition) is 3. The van der Waals surface area contributed by atoms with Gasteiger partial charge in [0.05, 0.1) is 18.2 Å². The van der Waals surface area contributed by atoms with Gasteiger partial charge in [0, 0.05) is 0 Å². The molecule has 16 heavy (non-hydrogen) atoms. The lowest BCUT2D eigenvalue weighted by Gasteiger charge is -2.06. The van der Waals surface area contributed by atoms with Gasteiger partial charge >= 0.3 is 0 Å². The third-order valence-electron chi connectivity index (χ3n) is 1.80. The van der Waals surface area contributed by atoms with Crippen molar-refractivity contribution >= 4 is 17.5 Å². The molecule has 0 saturated heterocycles. The number of amides is 1. The van der Waals surface area contributed by atoms with Crippen LogP contribution in [0.15, 0.2) is 24.3 Å². The van der Waals surface area contributed by atoms with Crippen molar-refractivity contribution in [1.29, 1.82) is 5.26 Å². The first-order valence-electron chi connectivity index (χ1n) is 4.72. The lowest BCUT2D eigenvalue weighted by Crippen LogP contribution is -2.28. The van der Waals surface area contributed by atoms with Crippen LogP contribution < -0.4 is 10.1 Å². The minimum absolute atomic E-state index is 0.0448. The zero-order valence-electron chi connectivity index (χ0n) is 8.57. The first kappa shape index (κ1) is 12.3. The summed E-state index contributed by atoms with van der Waals surface area (Å²) in [5.41, 5.74) is 0.586. The van der Waals surface area contributed by atoms with Crippen LogP contribution in [0.3, 0.4) is 0 Å². The summed E-state index contributed by atoms with van der Waals surface area (Å²) in [5, 5.41) is 11.2. The fourth-order valence-corrected chi connectivity index (χ4v) is 1.13. The SMILES string of the molecule is N#Cc1ccc(OCCNC(=O)CCl)cc1. The van der Waals surface area contributed by atoms with Crippen LogP contribution in [-0.4, -0.2) is 24.9 Å². The van der Waals surface area contributed by atoms with E-state index in [1.807, 2.05) is 6.07 Å². The normalized spacial score (nSPS) is 9.25. The second kappa shape index (κ2) is 6.70. The number of carbonyl (C=O) groups excluding carboxylic acids is 1. The van der Waals surface area contributed by atoms with E-state index < -0.39 is 0 Å². The third-order valence-corrected chi connectivity index (χ3v) is 2.04. The van der Waals surface area contributed by atoms with Crippen molar-refractivity contribution in [3.05, 3.63) is 29.8 Å². The molecule has 0 saturated carbocycles. The Hall–Kier alpha value is -1.73. The van der Waals surface area contributed by atoms with Gasteiger partial charge in [-0.15, -0.1) is 11.6 Å². The van der Waals surface area contributed by atoms with Crippen LogP contribution in [0.5, 0.6) is 5.75 Å². The zero-order valence-corrected chi connectivity index (χ0v) is 9.33. The average Bonchev–Trinajstić information content (AvgIpc) is 2.35. The number of ether oxygens (including phenoxy) is 1. The zero-order chi connectivity index (χ0) is 11.8. The van der Waals surface area contributed by atoms with E-state index in [0.717, 1.165) is 0 Å². The van der Waals surface area contributed by atoms with E-state index in [9.17, 15) is 4.79 Å². The van der Waals surface area contributed by atoms with E-state index in [-0.39, 0.29) is 11.8 Å². The molecule has 0 unspecified atom stereocenters. The van der Waals surface area contributed by atoms with E-state index >= 15 is 0 Å². The maximum Gasteiger partial charge on any atom is 0.235 e. The quantitative estimate of drug-likeness (QED) is 0.621. The fraction of sp³-hybridized carbons (Fsp3) is 0.273. The maximum absolute atomic E-state index is 10.8. The third kappa shape index (κ3) is 4.20. The smallest absolute Gasteiger partial charge is 0.235 e. The molecule has 1 N–H and O–H groups in total. The Labute approximate surface area is 98.8 Å². The van der Waals surface area contributed by atoms with Crippen molar-refractivity contribution in [2.24, 2.45) is 0 Å². The number of benzene rings is 1. The van der Waals surface area contributed by atoms with Gasteiger partial charge < -0.3 is 10.1 Å². The molecule has 0 heterocycles. The van der Waals surface area contributed by atoms with E-state index in [1.54, 1.807) is 24.3 Å². The molecule has 1 aromatic rings. The van der Waals surface area contributed by atoms with Crippen LogP contribution in [0.1, 0.15) is 5.56 Å². The lowest BCUT2D eigenvalue weighted by atomic mass is 10.2. The van der Waals surface area contributed by atoms with Crippen LogP contribution in [0.25, 0.3) is 0 Å². The molecule has 0 radical (unpaired) electrons. The largest absolute Gasteiger partial charge is 0.492 e. The topological polar surface area (TPSA) is 62.1 Å². The Morgan fingerprint density at radius 3 is 2.69 bits per heavy atom. The molecule has 1 amide bonds. The second-order valence-corrected chi connectivity index (χ2v) is 3.24. The van der Waals surface area contributed by atoms with Crippen LogP contribution in [0.2, 0.25) is 0 Å². The van der Waals surface area contributed by atoms with Gasteiger partial charge in [-0.3, -0.25) is 4.79 Å². The molecule has 5 heteroatoms. The number of rotatable bonds is 5. The Bertz CT molecular complexity index is 384. The summed E-state index contributed by atoms with van der Waals surface area (Å²) in [6, 6.07) is 8.78. The molecule has 0 aliphatic heterocycles. The summed E-state index contributed by atoms with van der Waals surface area (Å²) in [6.45, 7) is 0.778. The highest BCUT2D eigenvalue weighted by Crippen LogP contribution is 2.10. The van der Waals surface area contributed by atoms with E-state index in [2.05, 4.69) is 5.32 Å². The molecular weight excluding hydrogens is 228 g/mol. The number of hydrogen-bond donors (Lipinski definition) is 1. The molecule has 0 aliphatic carbocycles. The summed E-state index contributed by atoms with van der Waals surface area (Å²) in [4.78, 5) is 10.8. The molecule has 1 aromatic carbocycles. The molecule has 1 rings (SSSR count). The summed E-state index contributed by atoms with van der Waals surface area (Å²) >= 11 is 5.30. The fourth-order valence-electron chi connectivity index (χ4n) is 1.03. The predicted molar refractivity (Wildman–Crippen MR) is 60.4 cm³/mol. The standard InChI is InChI=1S/C11H11ClN2O2/c12-7-11(15)14-5-6-16-10-3-1-9(8-13)2-4-10/h1-4H,5-7H2,(H,14,15). The van der Waals surface area contributed by atoms with Gasteiger partial charge in [-0.2, -0.15) is 5.26 Å². The molecule has 0 fully saturated rings. The first-order valence-corrected chi connectivity index (χ1v) is 5.25. The highest BCUT2D eigenvalue weighted by atomic mass is 35.5. The number of carbonyl (C=O) groups is 1. The minimum Gasteiger partial charge on any atom is -0.492 e. The van der Waals surface area contributed by atoms with E-state index in [1.165, 1.54) is 0 Å². The van der Waals surface area contributed by atoms with Gasteiger partial charge in [-0.1, -0.05) is 0 Å². The Balaban J connectivity index is 2.27. The van der Waals surface area contributed by atoms with Gasteiger partial charge in [0.25, 0.3) is 0 Å².